The molecule has 34 heavy (non-hydrogen) atoms. The van der Waals surface area contributed by atoms with Gasteiger partial charge in [-0.25, -0.2) is 4.79 Å². The van der Waals surface area contributed by atoms with Gasteiger partial charge in [0.15, 0.2) is 11.5 Å². The summed E-state index contributed by atoms with van der Waals surface area (Å²) in [7, 11) is 1.57. The quantitative estimate of drug-likeness (QED) is 0.213. The minimum atomic E-state index is -1.01. The fourth-order valence-electron chi connectivity index (χ4n) is 3.67. The summed E-state index contributed by atoms with van der Waals surface area (Å²) < 4.78 is 12.4. The van der Waals surface area contributed by atoms with Crippen LogP contribution in [0.3, 0.4) is 0 Å². The van der Waals surface area contributed by atoms with E-state index < -0.39 is 5.97 Å². The van der Waals surface area contributed by atoms with E-state index in [1.807, 2.05) is 30.3 Å². The lowest BCUT2D eigenvalue weighted by molar-refractivity contribution is 0.0697. The number of aromatic carboxylic acids is 1. The lowest BCUT2D eigenvalue weighted by Gasteiger charge is -2.15. The second kappa shape index (κ2) is 10.2. The second-order valence-electron chi connectivity index (χ2n) is 7.51. The lowest BCUT2D eigenvalue weighted by Crippen LogP contribution is -2.00. The van der Waals surface area contributed by atoms with Crippen LogP contribution in [0.2, 0.25) is 0 Å². The topological polar surface area (TPSA) is 79.5 Å². The molecule has 1 N–H and O–H groups in total. The summed E-state index contributed by atoms with van der Waals surface area (Å²) in [6.07, 6.45) is 1.72. The first-order valence-electron chi connectivity index (χ1n) is 10.4. The number of nitrogens with zero attached hydrogens (tertiary/aromatic N) is 1. The summed E-state index contributed by atoms with van der Waals surface area (Å²) in [6.45, 7) is 0.366. The van der Waals surface area contributed by atoms with E-state index in [2.05, 4.69) is 40.2 Å². The first kappa shape index (κ1) is 23.1. The summed E-state index contributed by atoms with van der Waals surface area (Å²) in [4.78, 5) is 11.1. The number of benzene rings is 4. The number of carbonyl (C=O) groups is 1. The predicted octanol–water partition coefficient (Wildman–Crippen LogP) is 6.95. The van der Waals surface area contributed by atoms with Crippen molar-refractivity contribution in [3.05, 3.63) is 106 Å². The van der Waals surface area contributed by atoms with E-state index in [0.29, 0.717) is 33.7 Å². The van der Waals surface area contributed by atoms with Gasteiger partial charge in [-0.05, 0) is 73.7 Å². The Labute approximate surface area is 205 Å². The molecule has 6 heteroatoms. The molecule has 4 aromatic carbocycles. The maximum Gasteiger partial charge on any atom is 0.335 e. The van der Waals surface area contributed by atoms with Crippen LogP contribution in [0.4, 0.5) is 0 Å². The number of ether oxygens (including phenoxy) is 2. The Morgan fingerprint density at radius 3 is 2.44 bits per heavy atom. The van der Waals surface area contributed by atoms with Gasteiger partial charge in [-0.1, -0.05) is 54.6 Å². The molecular weight excluding hydrogens is 494 g/mol. The van der Waals surface area contributed by atoms with E-state index in [4.69, 9.17) is 14.6 Å². The first-order chi connectivity index (χ1) is 16.5. The number of hydrogen-bond donors (Lipinski definition) is 1. The highest BCUT2D eigenvalue weighted by Crippen LogP contribution is 2.38. The zero-order valence-electron chi connectivity index (χ0n) is 18.3. The van der Waals surface area contributed by atoms with Crippen LogP contribution in [0.1, 0.15) is 27.0 Å². The van der Waals surface area contributed by atoms with Gasteiger partial charge in [-0.15, -0.1) is 0 Å². The van der Waals surface area contributed by atoms with E-state index in [1.165, 1.54) is 12.1 Å². The number of nitriles is 1. The van der Waals surface area contributed by atoms with Crippen molar-refractivity contribution in [1.82, 2.24) is 0 Å². The molecule has 0 amide bonds. The Kier molecular flexibility index (Phi) is 6.95. The Balaban J connectivity index is 1.62. The van der Waals surface area contributed by atoms with E-state index >= 15 is 0 Å². The maximum atomic E-state index is 11.1. The van der Waals surface area contributed by atoms with Gasteiger partial charge in [0.05, 0.1) is 28.8 Å². The van der Waals surface area contributed by atoms with E-state index in [0.717, 1.165) is 21.9 Å². The molecule has 4 aromatic rings. The van der Waals surface area contributed by atoms with Crippen LogP contribution in [0.25, 0.3) is 22.4 Å². The molecular formula is C28H20BrNO4. The number of carboxylic acids is 1. The van der Waals surface area contributed by atoms with Gasteiger partial charge in [-0.3, -0.25) is 0 Å². The molecule has 0 bridgehead atoms. The first-order valence-corrected chi connectivity index (χ1v) is 11.2. The number of allylic oxidation sites excluding steroid dienone is 1. The highest BCUT2D eigenvalue weighted by atomic mass is 79.9. The number of fused-ring (bicyclic) bond motifs is 1. The predicted molar refractivity (Wildman–Crippen MR) is 136 cm³/mol. The summed E-state index contributed by atoms with van der Waals surface area (Å²) in [5, 5.41) is 21.0. The molecule has 0 saturated heterocycles. The van der Waals surface area contributed by atoms with Crippen molar-refractivity contribution < 1.29 is 19.4 Å². The van der Waals surface area contributed by atoms with Gasteiger partial charge < -0.3 is 14.6 Å². The molecule has 0 aromatic heterocycles. The minimum Gasteiger partial charge on any atom is -0.493 e. The van der Waals surface area contributed by atoms with Gasteiger partial charge >= 0.3 is 5.97 Å². The normalized spacial score (nSPS) is 11.1. The summed E-state index contributed by atoms with van der Waals surface area (Å²) in [6, 6.07) is 26.3. The van der Waals surface area contributed by atoms with Gasteiger partial charge in [0, 0.05) is 0 Å². The van der Waals surface area contributed by atoms with Crippen LogP contribution >= 0.6 is 15.9 Å². The molecule has 0 aliphatic carbocycles. The van der Waals surface area contributed by atoms with E-state index in [9.17, 15) is 10.1 Å². The van der Waals surface area contributed by atoms with Gasteiger partial charge in [0.2, 0.25) is 0 Å². The number of rotatable bonds is 7. The summed E-state index contributed by atoms with van der Waals surface area (Å²) in [5.74, 6) is 0.0815. The monoisotopic (exact) mass is 513 g/mol. The van der Waals surface area contributed by atoms with Gasteiger partial charge in [0.1, 0.15) is 6.61 Å². The Bertz CT molecular complexity index is 1430. The largest absolute Gasteiger partial charge is 0.493 e. The van der Waals surface area contributed by atoms with Crippen molar-refractivity contribution in [2.24, 2.45) is 0 Å². The highest BCUT2D eigenvalue weighted by Gasteiger charge is 2.13. The molecule has 168 valence electrons. The number of hydrogen-bond acceptors (Lipinski definition) is 4. The SMILES string of the molecule is COc1cc(/C=C(\C#N)c2ccc(C(=O)O)cc2)cc(Br)c1OCc1cccc2ccccc12. The lowest BCUT2D eigenvalue weighted by atomic mass is 10.0. The molecule has 0 saturated carbocycles. The molecule has 5 nitrogen and oxygen atoms in total. The van der Waals surface area contributed by atoms with Crippen molar-refractivity contribution >= 4 is 44.3 Å². The van der Waals surface area contributed by atoms with E-state index in [1.54, 1.807) is 31.4 Å². The number of methoxy groups -OCH3 is 1. The minimum absolute atomic E-state index is 0.165. The fraction of sp³-hybridized carbons (Fsp3) is 0.0714. The van der Waals surface area contributed by atoms with Crippen LogP contribution in [0, 0.1) is 11.3 Å². The average molecular weight is 514 g/mol. The molecule has 0 aliphatic heterocycles. The van der Waals surface area contributed by atoms with Crippen LogP contribution in [0.15, 0.2) is 83.3 Å². The van der Waals surface area contributed by atoms with Gasteiger partial charge in [0.25, 0.3) is 0 Å². The standard InChI is InChI=1S/C28H20BrNO4/c1-33-26-15-18(13-23(16-30)19-9-11-21(12-10-19)28(31)32)14-25(29)27(26)34-17-22-7-4-6-20-5-2-3-8-24(20)22/h2-15H,17H2,1H3,(H,31,32)/b23-13+. The molecule has 0 heterocycles. The molecule has 0 unspecified atom stereocenters. The van der Waals surface area contributed by atoms with Crippen LogP contribution < -0.4 is 9.47 Å². The highest BCUT2D eigenvalue weighted by molar-refractivity contribution is 9.10. The van der Waals surface area contributed by atoms with Gasteiger partial charge in [-0.2, -0.15) is 5.26 Å². The van der Waals surface area contributed by atoms with E-state index in [-0.39, 0.29) is 5.56 Å². The van der Waals surface area contributed by atoms with Crippen LogP contribution in [-0.2, 0) is 6.61 Å². The summed E-state index contributed by atoms with van der Waals surface area (Å²) in [5.41, 5.74) is 2.99. The van der Waals surface area contributed by atoms with Crippen molar-refractivity contribution in [2.45, 2.75) is 6.61 Å². The Hall–Kier alpha value is -4.08. The molecule has 0 spiro atoms. The Morgan fingerprint density at radius 2 is 1.74 bits per heavy atom. The molecule has 0 atom stereocenters. The average Bonchev–Trinajstić information content (AvgIpc) is 2.86. The van der Waals surface area contributed by atoms with Crippen molar-refractivity contribution in [3.63, 3.8) is 0 Å². The van der Waals surface area contributed by atoms with Crippen molar-refractivity contribution in [3.8, 4) is 17.6 Å². The van der Waals surface area contributed by atoms with Crippen LogP contribution in [-0.4, -0.2) is 18.2 Å². The molecule has 0 aliphatic rings. The molecule has 4 rings (SSSR count). The smallest absolute Gasteiger partial charge is 0.335 e. The molecule has 0 fully saturated rings. The summed E-state index contributed by atoms with van der Waals surface area (Å²) >= 11 is 3.57. The third-order valence-electron chi connectivity index (χ3n) is 5.38. The fourth-order valence-corrected chi connectivity index (χ4v) is 4.24. The van der Waals surface area contributed by atoms with Crippen molar-refractivity contribution in [2.75, 3.05) is 7.11 Å². The zero-order valence-corrected chi connectivity index (χ0v) is 19.9. The Morgan fingerprint density at radius 1 is 1.03 bits per heavy atom. The number of carboxylic acid groups (broad SMARTS) is 1. The third kappa shape index (κ3) is 4.95. The second-order valence-corrected chi connectivity index (χ2v) is 8.37. The third-order valence-corrected chi connectivity index (χ3v) is 5.97. The maximum absolute atomic E-state index is 11.1. The molecule has 0 radical (unpaired) electrons. The zero-order chi connectivity index (χ0) is 24.1. The number of halogens is 1. The van der Waals surface area contributed by atoms with Crippen molar-refractivity contribution in [1.29, 1.82) is 5.26 Å². The van der Waals surface area contributed by atoms with Crippen LogP contribution in [0.5, 0.6) is 11.5 Å².